The summed E-state index contributed by atoms with van der Waals surface area (Å²) in [4.78, 5) is 12.8. The average molecular weight is 401 g/mol. The summed E-state index contributed by atoms with van der Waals surface area (Å²) in [6.45, 7) is 1.92. The summed E-state index contributed by atoms with van der Waals surface area (Å²) in [5, 5.41) is 3.07. The number of amides is 1. The maximum absolute atomic E-state index is 13.0. The van der Waals surface area contributed by atoms with Crippen LogP contribution in [0.1, 0.15) is 54.4 Å². The molecule has 1 fully saturated rings. The van der Waals surface area contributed by atoms with Gasteiger partial charge in [0.15, 0.2) is 0 Å². The number of sulfonamides is 1. The molecule has 6 heteroatoms. The summed E-state index contributed by atoms with van der Waals surface area (Å²) < 4.78 is 27.3. The van der Waals surface area contributed by atoms with E-state index >= 15 is 0 Å². The summed E-state index contributed by atoms with van der Waals surface area (Å²) in [7, 11) is -2.22. The fourth-order valence-electron chi connectivity index (χ4n) is 3.61. The Bertz CT molecular complexity index is 932. The number of carbonyl (C=O) groups excluding carboxylic acids is 1. The second-order valence-corrected chi connectivity index (χ2v) is 9.47. The summed E-state index contributed by atoms with van der Waals surface area (Å²) in [5.74, 6) is -0.206. The number of nitrogens with zero attached hydrogens (tertiary/aromatic N) is 1. The van der Waals surface area contributed by atoms with Crippen molar-refractivity contribution in [2.45, 2.75) is 56.4 Å². The topological polar surface area (TPSA) is 66.5 Å². The van der Waals surface area contributed by atoms with E-state index in [0.29, 0.717) is 11.3 Å². The second-order valence-electron chi connectivity index (χ2n) is 7.50. The molecule has 2 aromatic carbocycles. The van der Waals surface area contributed by atoms with Crippen LogP contribution in [-0.4, -0.2) is 27.4 Å². The SMILES string of the molecule is Cc1cccc(N(C)S(=O)(=O)c2cccc(C(=O)NC3CCCCCC3)c2)c1. The van der Waals surface area contributed by atoms with Crippen LogP contribution in [0.3, 0.4) is 0 Å². The Morgan fingerprint density at radius 1 is 1.00 bits per heavy atom. The van der Waals surface area contributed by atoms with Gasteiger partial charge in [-0.1, -0.05) is 43.9 Å². The summed E-state index contributed by atoms with van der Waals surface area (Å²) >= 11 is 0. The average Bonchev–Trinajstić information content (AvgIpc) is 2.96. The van der Waals surface area contributed by atoms with Gasteiger partial charge in [-0.25, -0.2) is 8.42 Å². The summed E-state index contributed by atoms with van der Waals surface area (Å²) in [6.07, 6.45) is 6.65. The van der Waals surface area contributed by atoms with E-state index in [1.165, 1.54) is 36.3 Å². The van der Waals surface area contributed by atoms with Gasteiger partial charge >= 0.3 is 0 Å². The van der Waals surface area contributed by atoms with Gasteiger partial charge < -0.3 is 5.32 Å². The highest BCUT2D eigenvalue weighted by Gasteiger charge is 2.23. The summed E-state index contributed by atoms with van der Waals surface area (Å²) in [6, 6.07) is 13.8. The minimum absolute atomic E-state index is 0.116. The normalized spacial score (nSPS) is 15.6. The van der Waals surface area contributed by atoms with Crippen LogP contribution in [0.2, 0.25) is 0 Å². The van der Waals surface area contributed by atoms with Crippen LogP contribution >= 0.6 is 0 Å². The number of rotatable bonds is 5. The van der Waals surface area contributed by atoms with E-state index in [4.69, 9.17) is 0 Å². The number of hydrogen-bond acceptors (Lipinski definition) is 3. The van der Waals surface area contributed by atoms with Gasteiger partial charge in [0, 0.05) is 18.7 Å². The van der Waals surface area contributed by atoms with Crippen molar-refractivity contribution in [1.82, 2.24) is 5.32 Å². The van der Waals surface area contributed by atoms with Crippen LogP contribution < -0.4 is 9.62 Å². The molecule has 0 bridgehead atoms. The first-order chi connectivity index (χ1) is 13.4. The third kappa shape index (κ3) is 4.73. The monoisotopic (exact) mass is 400 g/mol. The lowest BCUT2D eigenvalue weighted by Gasteiger charge is -2.20. The second kappa shape index (κ2) is 8.78. The van der Waals surface area contributed by atoms with Crippen molar-refractivity contribution in [2.24, 2.45) is 0 Å². The van der Waals surface area contributed by atoms with Crippen molar-refractivity contribution in [3.63, 3.8) is 0 Å². The van der Waals surface area contributed by atoms with Crippen LogP contribution in [0.15, 0.2) is 53.4 Å². The van der Waals surface area contributed by atoms with Crippen molar-refractivity contribution >= 4 is 21.6 Å². The molecule has 3 rings (SSSR count). The van der Waals surface area contributed by atoms with Crippen molar-refractivity contribution in [3.05, 3.63) is 59.7 Å². The van der Waals surface area contributed by atoms with Gasteiger partial charge in [-0.3, -0.25) is 9.10 Å². The molecule has 0 aliphatic heterocycles. The lowest BCUT2D eigenvalue weighted by molar-refractivity contribution is 0.0933. The maximum Gasteiger partial charge on any atom is 0.264 e. The highest BCUT2D eigenvalue weighted by Crippen LogP contribution is 2.24. The zero-order valence-corrected chi connectivity index (χ0v) is 17.3. The molecule has 150 valence electrons. The van der Waals surface area contributed by atoms with Crippen LogP contribution in [0, 0.1) is 6.92 Å². The molecule has 1 amide bonds. The lowest BCUT2D eigenvalue weighted by Crippen LogP contribution is -2.34. The third-order valence-corrected chi connectivity index (χ3v) is 7.09. The molecule has 0 saturated heterocycles. The lowest BCUT2D eigenvalue weighted by atomic mass is 10.1. The predicted molar refractivity (Wildman–Crippen MR) is 112 cm³/mol. The Balaban J connectivity index is 1.80. The zero-order chi connectivity index (χ0) is 20.1. The van der Waals surface area contributed by atoms with Crippen molar-refractivity contribution in [2.75, 3.05) is 11.4 Å². The van der Waals surface area contributed by atoms with Crippen LogP contribution in [0.5, 0.6) is 0 Å². The fourth-order valence-corrected chi connectivity index (χ4v) is 4.84. The Morgan fingerprint density at radius 3 is 2.36 bits per heavy atom. The molecule has 1 aliphatic rings. The van der Waals surface area contributed by atoms with E-state index in [2.05, 4.69) is 5.32 Å². The molecule has 0 radical (unpaired) electrons. The van der Waals surface area contributed by atoms with E-state index in [1.54, 1.807) is 18.2 Å². The summed E-state index contributed by atoms with van der Waals surface area (Å²) in [5.41, 5.74) is 1.95. The smallest absolute Gasteiger partial charge is 0.264 e. The molecule has 28 heavy (non-hydrogen) atoms. The molecule has 0 atom stereocenters. The van der Waals surface area contributed by atoms with E-state index in [9.17, 15) is 13.2 Å². The molecule has 1 N–H and O–H groups in total. The standard InChI is InChI=1S/C22H28N2O3S/c1-17-9-7-13-20(15-17)24(2)28(26,27)21-14-8-10-18(16-21)22(25)23-19-11-5-3-4-6-12-19/h7-10,13-16,19H,3-6,11-12H2,1-2H3,(H,23,25). The third-order valence-electron chi connectivity index (χ3n) is 5.31. The molecule has 0 heterocycles. The molecular weight excluding hydrogens is 372 g/mol. The number of carbonyl (C=O) groups is 1. The van der Waals surface area contributed by atoms with Gasteiger partial charge in [0.05, 0.1) is 10.6 Å². The number of nitrogens with one attached hydrogen (secondary N) is 1. The quantitative estimate of drug-likeness (QED) is 0.762. The Labute approximate surface area is 167 Å². The van der Waals surface area contributed by atoms with E-state index in [1.807, 2.05) is 25.1 Å². The Morgan fingerprint density at radius 2 is 1.68 bits per heavy atom. The molecule has 0 unspecified atom stereocenters. The van der Waals surface area contributed by atoms with E-state index in [0.717, 1.165) is 31.2 Å². The van der Waals surface area contributed by atoms with E-state index < -0.39 is 10.0 Å². The molecule has 5 nitrogen and oxygen atoms in total. The first-order valence-corrected chi connectivity index (χ1v) is 11.3. The van der Waals surface area contributed by atoms with Crippen molar-refractivity contribution in [1.29, 1.82) is 0 Å². The van der Waals surface area contributed by atoms with Crippen LogP contribution in [-0.2, 0) is 10.0 Å². The number of hydrogen-bond donors (Lipinski definition) is 1. The largest absolute Gasteiger partial charge is 0.349 e. The van der Waals surface area contributed by atoms with E-state index in [-0.39, 0.29) is 16.8 Å². The highest BCUT2D eigenvalue weighted by atomic mass is 32.2. The first-order valence-electron chi connectivity index (χ1n) is 9.84. The fraction of sp³-hybridized carbons (Fsp3) is 0.409. The Hall–Kier alpha value is -2.34. The molecule has 2 aromatic rings. The van der Waals surface area contributed by atoms with Crippen LogP contribution in [0.4, 0.5) is 5.69 Å². The van der Waals surface area contributed by atoms with Crippen molar-refractivity contribution in [3.8, 4) is 0 Å². The number of anilines is 1. The minimum Gasteiger partial charge on any atom is -0.349 e. The van der Waals surface area contributed by atoms with Gasteiger partial charge in [0.1, 0.15) is 0 Å². The van der Waals surface area contributed by atoms with Gasteiger partial charge in [-0.15, -0.1) is 0 Å². The predicted octanol–water partition coefficient (Wildman–Crippen LogP) is 4.27. The minimum atomic E-state index is -3.75. The van der Waals surface area contributed by atoms with Gasteiger partial charge in [0.2, 0.25) is 0 Å². The molecule has 1 saturated carbocycles. The van der Waals surface area contributed by atoms with Crippen molar-refractivity contribution < 1.29 is 13.2 Å². The number of benzene rings is 2. The number of aryl methyl sites for hydroxylation is 1. The maximum atomic E-state index is 13.0. The first kappa shape index (κ1) is 20.4. The Kier molecular flexibility index (Phi) is 6.39. The van der Waals surface area contributed by atoms with Gasteiger partial charge in [0.25, 0.3) is 15.9 Å². The van der Waals surface area contributed by atoms with Crippen LogP contribution in [0.25, 0.3) is 0 Å². The van der Waals surface area contributed by atoms with Gasteiger partial charge in [-0.2, -0.15) is 0 Å². The highest BCUT2D eigenvalue weighted by molar-refractivity contribution is 7.92. The molecular formula is C22H28N2O3S. The molecule has 0 spiro atoms. The molecule has 1 aliphatic carbocycles. The van der Waals surface area contributed by atoms with Gasteiger partial charge in [-0.05, 0) is 55.7 Å². The molecule has 0 aromatic heterocycles. The zero-order valence-electron chi connectivity index (χ0n) is 16.5.